The Morgan fingerprint density at radius 1 is 0.886 bits per heavy atom. The van der Waals surface area contributed by atoms with E-state index in [1.54, 1.807) is 27.7 Å². The van der Waals surface area contributed by atoms with Gasteiger partial charge in [0.1, 0.15) is 17.5 Å². The predicted octanol–water partition coefficient (Wildman–Crippen LogP) is 8.01. The van der Waals surface area contributed by atoms with Gasteiger partial charge in [-0.1, -0.05) is 63.2 Å². The molecule has 0 fully saturated rings. The summed E-state index contributed by atoms with van der Waals surface area (Å²) in [7, 11) is -3.64. The van der Waals surface area contributed by atoms with Crippen LogP contribution in [0.5, 0.6) is 11.5 Å². The molecule has 3 rings (SSSR count). The maximum absolute atomic E-state index is 13.9. The number of aryl methyl sites for hydroxylation is 2. The van der Waals surface area contributed by atoms with Crippen LogP contribution in [-0.2, 0) is 36.4 Å². The minimum absolute atomic E-state index is 0.0895. The highest BCUT2D eigenvalue weighted by molar-refractivity contribution is 7.56. The molecule has 238 valence electrons. The molecule has 0 aliphatic rings. The van der Waals surface area contributed by atoms with Crippen LogP contribution in [0.4, 0.5) is 0 Å². The lowest BCUT2D eigenvalue weighted by molar-refractivity contribution is -0.149. The molecule has 0 bridgehead atoms. The smallest absolute Gasteiger partial charge is 0.323 e. The van der Waals surface area contributed by atoms with Crippen molar-refractivity contribution in [2.75, 3.05) is 6.35 Å². The Kier molecular flexibility index (Phi) is 12.8. The lowest BCUT2D eigenvalue weighted by Crippen LogP contribution is -2.36. The predicted molar refractivity (Wildman–Crippen MR) is 173 cm³/mol. The van der Waals surface area contributed by atoms with E-state index in [9.17, 15) is 14.2 Å². The van der Waals surface area contributed by atoms with Crippen molar-refractivity contribution in [2.24, 2.45) is 0 Å². The SMILES string of the molecule is CCC(=O)Oc1ccc(Cc2c(C)cc(OCP(=O)(N[C@@H](C)C(=O)OC(C)C)OCc3ccccc3)cc2C)cc1C(C)C. The number of hydrogen-bond acceptors (Lipinski definition) is 7. The van der Waals surface area contributed by atoms with E-state index in [4.69, 9.17) is 18.7 Å². The fourth-order valence-corrected chi connectivity index (χ4v) is 6.27. The highest BCUT2D eigenvalue weighted by Crippen LogP contribution is 2.44. The van der Waals surface area contributed by atoms with E-state index >= 15 is 0 Å². The Bertz CT molecular complexity index is 1450. The Balaban J connectivity index is 1.78. The number of nitrogens with one attached hydrogen (secondary N) is 1. The zero-order valence-corrected chi connectivity index (χ0v) is 28.0. The number of esters is 2. The van der Waals surface area contributed by atoms with Gasteiger partial charge in [0.05, 0.1) is 12.7 Å². The first-order chi connectivity index (χ1) is 20.8. The van der Waals surface area contributed by atoms with E-state index in [1.165, 1.54) is 0 Å². The van der Waals surface area contributed by atoms with E-state index in [0.717, 1.165) is 33.4 Å². The summed E-state index contributed by atoms with van der Waals surface area (Å²) in [6.45, 7) is 15.2. The largest absolute Gasteiger partial charge is 0.482 e. The number of benzene rings is 3. The number of rotatable bonds is 15. The second-order valence-electron chi connectivity index (χ2n) is 11.6. The second kappa shape index (κ2) is 16.0. The molecule has 44 heavy (non-hydrogen) atoms. The fourth-order valence-electron chi connectivity index (χ4n) is 4.67. The summed E-state index contributed by atoms with van der Waals surface area (Å²) in [6.07, 6.45) is 0.439. The molecule has 2 atom stereocenters. The molecule has 3 aromatic carbocycles. The average Bonchev–Trinajstić information content (AvgIpc) is 2.97. The normalized spacial score (nSPS) is 13.4. The minimum atomic E-state index is -3.64. The first kappa shape index (κ1) is 35.0. The molecule has 0 heterocycles. The highest BCUT2D eigenvalue weighted by Gasteiger charge is 2.31. The van der Waals surface area contributed by atoms with Crippen LogP contribution >= 0.6 is 7.52 Å². The molecule has 8 nitrogen and oxygen atoms in total. The van der Waals surface area contributed by atoms with E-state index in [0.29, 0.717) is 24.3 Å². The van der Waals surface area contributed by atoms with Crippen molar-refractivity contribution < 1.29 is 32.9 Å². The third-order valence-electron chi connectivity index (χ3n) is 7.04. The molecule has 0 saturated carbocycles. The van der Waals surface area contributed by atoms with Crippen molar-refractivity contribution in [3.05, 3.63) is 94.0 Å². The summed E-state index contributed by atoms with van der Waals surface area (Å²) in [5.74, 6) is 0.577. The molecule has 0 spiro atoms. The highest BCUT2D eigenvalue weighted by atomic mass is 31.2. The van der Waals surface area contributed by atoms with Crippen LogP contribution in [0.2, 0.25) is 0 Å². The van der Waals surface area contributed by atoms with E-state index < -0.39 is 19.5 Å². The van der Waals surface area contributed by atoms with Gasteiger partial charge in [0, 0.05) is 6.42 Å². The van der Waals surface area contributed by atoms with Gasteiger partial charge in [0.15, 0.2) is 6.35 Å². The summed E-state index contributed by atoms with van der Waals surface area (Å²) in [6, 6.07) is 18.3. The quantitative estimate of drug-likeness (QED) is 0.103. The van der Waals surface area contributed by atoms with Gasteiger partial charge in [0.2, 0.25) is 0 Å². The van der Waals surface area contributed by atoms with Crippen LogP contribution in [0.25, 0.3) is 0 Å². The van der Waals surface area contributed by atoms with Crippen molar-refractivity contribution in [3.63, 3.8) is 0 Å². The molecular weight excluding hydrogens is 577 g/mol. The molecule has 0 aliphatic heterocycles. The van der Waals surface area contributed by atoms with Crippen LogP contribution in [0.3, 0.4) is 0 Å². The first-order valence-electron chi connectivity index (χ1n) is 15.1. The molecule has 9 heteroatoms. The number of carbonyl (C=O) groups excluding carboxylic acids is 2. The molecule has 1 N–H and O–H groups in total. The van der Waals surface area contributed by atoms with Crippen LogP contribution in [0, 0.1) is 13.8 Å². The summed E-state index contributed by atoms with van der Waals surface area (Å²) in [5, 5.41) is 2.85. The van der Waals surface area contributed by atoms with Gasteiger partial charge < -0.3 is 18.7 Å². The molecule has 0 aliphatic carbocycles. The summed E-state index contributed by atoms with van der Waals surface area (Å²) < 4.78 is 36.7. The molecule has 0 saturated heterocycles. The Labute approximate surface area is 262 Å². The molecule has 3 aromatic rings. The zero-order chi connectivity index (χ0) is 32.4. The van der Waals surface area contributed by atoms with Crippen molar-refractivity contribution in [1.29, 1.82) is 0 Å². The van der Waals surface area contributed by atoms with E-state index in [-0.39, 0.29) is 30.9 Å². The van der Waals surface area contributed by atoms with E-state index in [2.05, 4.69) is 25.0 Å². The molecule has 0 amide bonds. The average molecular weight is 624 g/mol. The van der Waals surface area contributed by atoms with Gasteiger partial charge in [-0.25, -0.2) is 5.09 Å². The summed E-state index contributed by atoms with van der Waals surface area (Å²) >= 11 is 0. The molecule has 0 aromatic heterocycles. The zero-order valence-electron chi connectivity index (χ0n) is 27.1. The van der Waals surface area contributed by atoms with Gasteiger partial charge in [-0.15, -0.1) is 0 Å². The number of ether oxygens (including phenoxy) is 3. The van der Waals surface area contributed by atoms with Crippen LogP contribution < -0.4 is 14.6 Å². The number of hydrogen-bond donors (Lipinski definition) is 1. The van der Waals surface area contributed by atoms with Crippen molar-refractivity contribution in [1.82, 2.24) is 5.09 Å². The summed E-state index contributed by atoms with van der Waals surface area (Å²) in [5.41, 5.74) is 6.14. The number of carbonyl (C=O) groups is 2. The Hall–Kier alpha value is -3.45. The summed E-state index contributed by atoms with van der Waals surface area (Å²) in [4.78, 5) is 24.4. The monoisotopic (exact) mass is 623 g/mol. The second-order valence-corrected chi connectivity index (χ2v) is 13.7. The topological polar surface area (TPSA) is 100 Å². The van der Waals surface area contributed by atoms with E-state index in [1.807, 2.05) is 68.4 Å². The van der Waals surface area contributed by atoms with Crippen LogP contribution in [-0.4, -0.2) is 30.4 Å². The minimum Gasteiger partial charge on any atom is -0.482 e. The lowest BCUT2D eigenvalue weighted by atomic mass is 9.93. The van der Waals surface area contributed by atoms with Crippen LogP contribution in [0.1, 0.15) is 87.3 Å². The maximum Gasteiger partial charge on any atom is 0.323 e. The Morgan fingerprint density at radius 2 is 1.55 bits per heavy atom. The lowest BCUT2D eigenvalue weighted by Gasteiger charge is -2.24. The van der Waals surface area contributed by atoms with Crippen molar-refractivity contribution in [2.45, 2.75) is 92.9 Å². The fraction of sp³-hybridized carbons (Fsp3) is 0.429. The van der Waals surface area contributed by atoms with Gasteiger partial charge in [0.25, 0.3) is 0 Å². The molecule has 0 radical (unpaired) electrons. The Morgan fingerprint density at radius 3 is 2.14 bits per heavy atom. The molecule has 1 unspecified atom stereocenters. The van der Waals surface area contributed by atoms with Crippen molar-refractivity contribution >= 4 is 19.5 Å². The third-order valence-corrected chi connectivity index (χ3v) is 8.83. The van der Waals surface area contributed by atoms with Gasteiger partial charge in [-0.3, -0.25) is 14.2 Å². The van der Waals surface area contributed by atoms with Gasteiger partial charge >= 0.3 is 19.5 Å². The van der Waals surface area contributed by atoms with Crippen LogP contribution in [0.15, 0.2) is 60.7 Å². The van der Waals surface area contributed by atoms with Gasteiger partial charge in [-0.2, -0.15) is 0 Å². The first-order valence-corrected chi connectivity index (χ1v) is 16.9. The maximum atomic E-state index is 13.9. The van der Waals surface area contributed by atoms with Gasteiger partial charge in [-0.05, 0) is 98.5 Å². The van der Waals surface area contributed by atoms with Crippen molar-refractivity contribution in [3.8, 4) is 11.5 Å². The standard InChI is InChI=1S/C35H46NO7P/c1-9-34(37)43-33-16-15-29(19-31(33)23(2)3)20-32-25(6)17-30(18-26(32)7)40-22-44(39,36-27(8)35(38)42-24(4)5)41-21-28-13-11-10-12-14-28/h10-19,23-24,27H,9,20-22H2,1-8H3,(H,36,39)/t27-,44?/m0/s1. The third kappa shape index (κ3) is 10.3. The molecular formula is C35H46NO7P.